The lowest BCUT2D eigenvalue weighted by Gasteiger charge is -2.28. The summed E-state index contributed by atoms with van der Waals surface area (Å²) in [5, 5.41) is 5.06. The number of thiocarbonyl (C=S) groups is 1. The molecule has 0 radical (unpaired) electrons. The van der Waals surface area contributed by atoms with Crippen LogP contribution in [0.1, 0.15) is 30.1 Å². The molecule has 140 valence electrons. The molecule has 0 bridgehead atoms. The fraction of sp³-hybridized carbons (Fsp3) is 0.263. The maximum atomic E-state index is 6.20. The average Bonchev–Trinajstić information content (AvgIpc) is 2.90. The van der Waals surface area contributed by atoms with Crippen LogP contribution in [0.4, 0.5) is 0 Å². The van der Waals surface area contributed by atoms with Gasteiger partial charge in [-0.25, -0.2) is 0 Å². The Balaban J connectivity index is 1.68. The van der Waals surface area contributed by atoms with Crippen LogP contribution >= 0.6 is 23.8 Å². The molecule has 0 fully saturated rings. The van der Waals surface area contributed by atoms with Gasteiger partial charge in [0.25, 0.3) is 0 Å². The van der Waals surface area contributed by atoms with E-state index in [1.165, 1.54) is 0 Å². The van der Waals surface area contributed by atoms with Crippen LogP contribution < -0.4 is 25.4 Å². The van der Waals surface area contributed by atoms with Crippen molar-refractivity contribution in [1.29, 1.82) is 0 Å². The number of fused-ring (bicyclic) bond motifs is 2. The fourth-order valence-electron chi connectivity index (χ4n) is 3.11. The number of nitrogens with one attached hydrogen (secondary N) is 1. The highest BCUT2D eigenvalue weighted by Crippen LogP contribution is 2.39. The zero-order valence-corrected chi connectivity index (χ0v) is 16.0. The maximum absolute atomic E-state index is 6.20. The second-order valence-electron chi connectivity index (χ2n) is 6.24. The number of hydrazone groups is 1. The number of halogens is 1. The molecule has 2 aliphatic heterocycles. The molecule has 0 spiro atoms. The number of ether oxygens (including phenoxy) is 3. The van der Waals surface area contributed by atoms with E-state index in [9.17, 15) is 0 Å². The van der Waals surface area contributed by atoms with Crippen LogP contribution in [0.5, 0.6) is 17.2 Å². The average molecular weight is 404 g/mol. The van der Waals surface area contributed by atoms with Gasteiger partial charge in [0, 0.05) is 23.4 Å². The van der Waals surface area contributed by atoms with Crippen LogP contribution in [0.2, 0.25) is 5.02 Å². The third-order valence-corrected chi connectivity index (χ3v) is 4.67. The lowest BCUT2D eigenvalue weighted by Crippen LogP contribution is -2.28. The van der Waals surface area contributed by atoms with Crippen molar-refractivity contribution in [3.05, 3.63) is 52.5 Å². The number of benzene rings is 2. The van der Waals surface area contributed by atoms with Crippen molar-refractivity contribution in [2.45, 2.75) is 18.9 Å². The molecular formula is C19H18ClN3O3S. The molecule has 2 heterocycles. The Bertz CT molecular complexity index is 919. The van der Waals surface area contributed by atoms with Gasteiger partial charge in [0.15, 0.2) is 16.6 Å². The van der Waals surface area contributed by atoms with E-state index in [-0.39, 0.29) is 11.2 Å². The topological polar surface area (TPSA) is 78.1 Å². The quantitative estimate of drug-likeness (QED) is 0.589. The molecule has 1 atom stereocenters. The molecule has 2 aromatic carbocycles. The predicted molar refractivity (Wildman–Crippen MR) is 108 cm³/mol. The Morgan fingerprint density at radius 3 is 2.70 bits per heavy atom. The first-order valence-electron chi connectivity index (χ1n) is 8.58. The summed E-state index contributed by atoms with van der Waals surface area (Å²) in [5.41, 5.74) is 10.7. The summed E-state index contributed by atoms with van der Waals surface area (Å²) in [6.07, 6.45) is 1.16. The summed E-state index contributed by atoms with van der Waals surface area (Å²) in [6, 6.07) is 11.3. The largest absolute Gasteiger partial charge is 0.490 e. The minimum absolute atomic E-state index is 0.102. The first kappa shape index (κ1) is 17.9. The number of rotatable bonds is 2. The Morgan fingerprint density at radius 2 is 1.89 bits per heavy atom. The van der Waals surface area contributed by atoms with Crippen LogP contribution in [0, 0.1) is 0 Å². The van der Waals surface area contributed by atoms with Crippen molar-refractivity contribution >= 4 is 34.6 Å². The lowest BCUT2D eigenvalue weighted by molar-refractivity contribution is 0.205. The second kappa shape index (κ2) is 7.62. The molecular weight excluding hydrogens is 386 g/mol. The van der Waals surface area contributed by atoms with Crippen molar-refractivity contribution in [1.82, 2.24) is 5.43 Å². The molecule has 0 aliphatic carbocycles. The number of nitrogens with two attached hydrogens (primary N) is 1. The van der Waals surface area contributed by atoms with Gasteiger partial charge in [-0.3, -0.25) is 5.43 Å². The van der Waals surface area contributed by atoms with Gasteiger partial charge in [0.1, 0.15) is 11.9 Å². The lowest BCUT2D eigenvalue weighted by atomic mass is 9.95. The summed E-state index contributed by atoms with van der Waals surface area (Å²) < 4.78 is 17.7. The molecule has 8 heteroatoms. The van der Waals surface area contributed by atoms with Crippen molar-refractivity contribution in [3.8, 4) is 17.2 Å². The maximum Gasteiger partial charge on any atom is 0.184 e. The van der Waals surface area contributed by atoms with Gasteiger partial charge in [-0.15, -0.1) is 0 Å². The molecule has 0 saturated carbocycles. The van der Waals surface area contributed by atoms with Crippen LogP contribution in [-0.2, 0) is 0 Å². The third-order valence-electron chi connectivity index (χ3n) is 4.34. The van der Waals surface area contributed by atoms with Crippen molar-refractivity contribution in [2.24, 2.45) is 10.8 Å². The fourth-order valence-corrected chi connectivity index (χ4v) is 3.32. The molecule has 0 amide bonds. The van der Waals surface area contributed by atoms with Gasteiger partial charge >= 0.3 is 0 Å². The Kier molecular flexibility index (Phi) is 5.05. The van der Waals surface area contributed by atoms with E-state index in [4.69, 9.17) is 43.8 Å². The van der Waals surface area contributed by atoms with Gasteiger partial charge < -0.3 is 19.9 Å². The zero-order chi connectivity index (χ0) is 18.8. The van der Waals surface area contributed by atoms with Crippen LogP contribution in [-0.4, -0.2) is 24.0 Å². The zero-order valence-electron chi connectivity index (χ0n) is 14.4. The summed E-state index contributed by atoms with van der Waals surface area (Å²) in [7, 11) is 0. The Hall–Kier alpha value is -2.51. The molecule has 3 N–H and O–H groups in total. The summed E-state index contributed by atoms with van der Waals surface area (Å²) in [5.74, 6) is 2.18. The Morgan fingerprint density at radius 1 is 1.11 bits per heavy atom. The SMILES string of the molecule is NC(=S)N/N=C1/C[C@H](c2ccc3c(c2)OCCCO3)Oc2ccc(Cl)cc21. The van der Waals surface area contributed by atoms with E-state index in [1.54, 1.807) is 6.07 Å². The summed E-state index contributed by atoms with van der Waals surface area (Å²) >= 11 is 11.0. The molecule has 6 nitrogen and oxygen atoms in total. The standard InChI is InChI=1S/C19H18ClN3O3S/c20-12-3-5-15-13(9-12)14(22-23-19(21)27)10-17(26-15)11-2-4-16-18(8-11)25-7-1-6-24-16/h2-5,8-9,17H,1,6-7,10H2,(H3,21,23,27)/b22-14-/t17-/m1/s1. The monoisotopic (exact) mass is 403 g/mol. The highest BCUT2D eigenvalue weighted by molar-refractivity contribution is 7.80. The Labute approximate surface area is 167 Å². The smallest absolute Gasteiger partial charge is 0.184 e. The van der Waals surface area contributed by atoms with E-state index in [0.29, 0.717) is 30.4 Å². The summed E-state index contributed by atoms with van der Waals surface area (Å²) in [6.45, 7) is 1.29. The number of nitrogens with zero attached hydrogens (tertiary/aromatic N) is 1. The van der Waals surface area contributed by atoms with Crippen molar-refractivity contribution in [3.63, 3.8) is 0 Å². The van der Waals surface area contributed by atoms with E-state index in [0.717, 1.165) is 34.8 Å². The minimum atomic E-state index is -0.234. The van der Waals surface area contributed by atoms with Gasteiger partial charge in [-0.2, -0.15) is 5.10 Å². The number of hydrogen-bond acceptors (Lipinski definition) is 5. The number of hydrogen-bond donors (Lipinski definition) is 2. The van der Waals surface area contributed by atoms with Gasteiger partial charge in [0.2, 0.25) is 0 Å². The highest BCUT2D eigenvalue weighted by atomic mass is 35.5. The van der Waals surface area contributed by atoms with Crippen molar-refractivity contribution < 1.29 is 14.2 Å². The highest BCUT2D eigenvalue weighted by Gasteiger charge is 2.28. The van der Waals surface area contributed by atoms with E-state index < -0.39 is 0 Å². The summed E-state index contributed by atoms with van der Waals surface area (Å²) in [4.78, 5) is 0. The molecule has 0 saturated heterocycles. The van der Waals surface area contributed by atoms with E-state index in [1.807, 2.05) is 30.3 Å². The molecule has 2 aliphatic rings. The first-order valence-corrected chi connectivity index (χ1v) is 9.37. The van der Waals surface area contributed by atoms with Gasteiger partial charge in [-0.1, -0.05) is 17.7 Å². The second-order valence-corrected chi connectivity index (χ2v) is 7.12. The molecule has 0 aromatic heterocycles. The van der Waals surface area contributed by atoms with Gasteiger partial charge in [0.05, 0.1) is 18.9 Å². The first-order chi connectivity index (χ1) is 13.1. The molecule has 4 rings (SSSR count). The third kappa shape index (κ3) is 3.94. The van der Waals surface area contributed by atoms with Crippen LogP contribution in [0.15, 0.2) is 41.5 Å². The van der Waals surface area contributed by atoms with E-state index in [2.05, 4.69) is 10.5 Å². The van der Waals surface area contributed by atoms with E-state index >= 15 is 0 Å². The van der Waals surface area contributed by atoms with Crippen LogP contribution in [0.3, 0.4) is 0 Å². The normalized spacial score (nSPS) is 19.6. The van der Waals surface area contributed by atoms with Gasteiger partial charge in [-0.05, 0) is 48.1 Å². The van der Waals surface area contributed by atoms with Crippen LogP contribution in [0.25, 0.3) is 0 Å². The molecule has 2 aromatic rings. The predicted octanol–water partition coefficient (Wildman–Crippen LogP) is 3.56. The van der Waals surface area contributed by atoms with Crippen molar-refractivity contribution in [2.75, 3.05) is 13.2 Å². The minimum Gasteiger partial charge on any atom is -0.490 e. The molecule has 0 unspecified atom stereocenters. The molecule has 27 heavy (non-hydrogen) atoms.